The number of anilines is 1. The molecular formula is C16H22N2O2S. The summed E-state index contributed by atoms with van der Waals surface area (Å²) in [7, 11) is 1.62. The molecule has 1 amide bonds. The third-order valence-corrected chi connectivity index (χ3v) is 4.56. The van der Waals surface area contributed by atoms with Crippen LogP contribution in [0.4, 0.5) is 5.69 Å². The second-order valence-corrected chi connectivity index (χ2v) is 6.02. The summed E-state index contributed by atoms with van der Waals surface area (Å²) in [5.74, 6) is 0.747. The van der Waals surface area contributed by atoms with Gasteiger partial charge in [0.15, 0.2) is 0 Å². The maximum Gasteiger partial charge on any atom is 0.266 e. The van der Waals surface area contributed by atoms with E-state index in [2.05, 4.69) is 13.8 Å². The molecule has 21 heavy (non-hydrogen) atoms. The van der Waals surface area contributed by atoms with Crippen molar-refractivity contribution in [2.24, 2.45) is 0 Å². The van der Waals surface area contributed by atoms with Gasteiger partial charge in [-0.05, 0) is 25.0 Å². The highest BCUT2D eigenvalue weighted by Crippen LogP contribution is 2.39. The van der Waals surface area contributed by atoms with Gasteiger partial charge in [-0.1, -0.05) is 19.9 Å². The van der Waals surface area contributed by atoms with Crippen molar-refractivity contribution in [2.45, 2.75) is 26.7 Å². The number of carbonyl (C=O) groups excluding carboxylic acids is 1. The van der Waals surface area contributed by atoms with Crippen LogP contribution in [0.3, 0.4) is 0 Å². The zero-order valence-electron chi connectivity index (χ0n) is 12.8. The number of amides is 1. The number of fused-ring (bicyclic) bond motifs is 1. The summed E-state index contributed by atoms with van der Waals surface area (Å²) in [4.78, 5) is 15.2. The predicted molar refractivity (Wildman–Crippen MR) is 89.3 cm³/mol. The van der Waals surface area contributed by atoms with E-state index < -0.39 is 0 Å². The lowest BCUT2D eigenvalue weighted by molar-refractivity contribution is 0.0761. The quantitative estimate of drug-likeness (QED) is 0.884. The number of ether oxygens (including phenoxy) is 1. The van der Waals surface area contributed by atoms with Gasteiger partial charge in [0.05, 0.1) is 18.2 Å². The molecule has 0 unspecified atom stereocenters. The molecule has 2 rings (SSSR count). The molecule has 1 heterocycles. The van der Waals surface area contributed by atoms with Crippen LogP contribution in [0.5, 0.6) is 5.75 Å². The highest BCUT2D eigenvalue weighted by molar-refractivity contribution is 7.21. The monoisotopic (exact) mass is 306 g/mol. The van der Waals surface area contributed by atoms with Gasteiger partial charge in [-0.2, -0.15) is 0 Å². The molecule has 0 saturated carbocycles. The summed E-state index contributed by atoms with van der Waals surface area (Å²) >= 11 is 1.45. The first-order valence-corrected chi connectivity index (χ1v) is 8.09. The molecule has 4 nitrogen and oxygen atoms in total. The van der Waals surface area contributed by atoms with Gasteiger partial charge in [-0.15, -0.1) is 11.3 Å². The lowest BCUT2D eigenvalue weighted by Gasteiger charge is -2.20. The normalized spacial score (nSPS) is 10.8. The van der Waals surface area contributed by atoms with Gasteiger partial charge in [-0.3, -0.25) is 4.79 Å². The van der Waals surface area contributed by atoms with Crippen molar-refractivity contribution in [1.29, 1.82) is 0 Å². The Kier molecular flexibility index (Phi) is 5.07. The molecule has 114 valence electrons. The molecule has 2 N–H and O–H groups in total. The van der Waals surface area contributed by atoms with Crippen molar-refractivity contribution in [2.75, 3.05) is 25.9 Å². The first kappa shape index (κ1) is 15.6. The van der Waals surface area contributed by atoms with Crippen LogP contribution in [0, 0.1) is 0 Å². The van der Waals surface area contributed by atoms with Gasteiger partial charge in [0.2, 0.25) is 0 Å². The lowest BCUT2D eigenvalue weighted by Crippen LogP contribution is -2.32. The molecule has 0 atom stereocenters. The number of hydrogen-bond donors (Lipinski definition) is 1. The average Bonchev–Trinajstić information content (AvgIpc) is 2.83. The molecule has 0 aliphatic heterocycles. The predicted octanol–water partition coefficient (Wildman–Crippen LogP) is 3.75. The van der Waals surface area contributed by atoms with Crippen LogP contribution in [-0.2, 0) is 0 Å². The second kappa shape index (κ2) is 6.80. The summed E-state index contributed by atoms with van der Waals surface area (Å²) in [6.07, 6.45) is 1.89. The summed E-state index contributed by atoms with van der Waals surface area (Å²) in [6, 6.07) is 5.76. The molecule has 0 aliphatic rings. The number of hydrogen-bond acceptors (Lipinski definition) is 4. The molecule has 1 aromatic heterocycles. The molecule has 5 heteroatoms. The fourth-order valence-corrected chi connectivity index (χ4v) is 3.57. The summed E-state index contributed by atoms with van der Waals surface area (Å²) in [5.41, 5.74) is 6.77. The molecule has 1 aromatic carbocycles. The Bertz CT molecular complexity index is 630. The lowest BCUT2D eigenvalue weighted by atomic mass is 10.2. The fourth-order valence-electron chi connectivity index (χ4n) is 2.47. The molecule has 0 saturated heterocycles. The number of carbonyl (C=O) groups is 1. The number of thiophene rings is 1. The first-order valence-electron chi connectivity index (χ1n) is 7.28. The maximum absolute atomic E-state index is 12.7. The highest BCUT2D eigenvalue weighted by Gasteiger charge is 2.22. The molecule has 0 radical (unpaired) electrons. The van der Waals surface area contributed by atoms with Crippen LogP contribution in [0.1, 0.15) is 36.4 Å². The van der Waals surface area contributed by atoms with E-state index in [1.165, 1.54) is 11.3 Å². The number of nitrogen functional groups attached to an aromatic ring is 1. The van der Waals surface area contributed by atoms with E-state index in [1.807, 2.05) is 23.1 Å². The number of rotatable bonds is 6. The molecule has 0 spiro atoms. The van der Waals surface area contributed by atoms with E-state index >= 15 is 0 Å². The van der Waals surface area contributed by atoms with Gasteiger partial charge in [0.25, 0.3) is 5.91 Å². The topological polar surface area (TPSA) is 55.6 Å². The van der Waals surface area contributed by atoms with Crippen LogP contribution >= 0.6 is 11.3 Å². The minimum absolute atomic E-state index is 0.0273. The van der Waals surface area contributed by atoms with Crippen LogP contribution in [0.2, 0.25) is 0 Å². The number of benzene rings is 1. The summed E-state index contributed by atoms with van der Waals surface area (Å²) in [5, 5.41) is 0.848. The molecule has 0 aliphatic carbocycles. The van der Waals surface area contributed by atoms with Crippen LogP contribution in [-0.4, -0.2) is 31.0 Å². The van der Waals surface area contributed by atoms with E-state index in [0.29, 0.717) is 10.6 Å². The standard InChI is InChI=1S/C16H22N2O2S/c1-4-9-18(10-5-2)16(19)15-14(17)13-11(20-3)7-6-8-12(13)21-15/h6-8H,4-5,9-10,17H2,1-3H3. The Balaban J connectivity index is 2.46. The van der Waals surface area contributed by atoms with Crippen molar-refractivity contribution >= 4 is 33.0 Å². The van der Waals surface area contributed by atoms with E-state index in [4.69, 9.17) is 10.5 Å². The maximum atomic E-state index is 12.7. The van der Waals surface area contributed by atoms with Crippen LogP contribution in [0.25, 0.3) is 10.1 Å². The highest BCUT2D eigenvalue weighted by atomic mass is 32.1. The minimum Gasteiger partial charge on any atom is -0.496 e. The number of nitrogens with two attached hydrogens (primary N) is 1. The summed E-state index contributed by atoms with van der Waals surface area (Å²) < 4.78 is 6.35. The second-order valence-electron chi connectivity index (χ2n) is 4.97. The smallest absolute Gasteiger partial charge is 0.266 e. The van der Waals surface area contributed by atoms with Crippen molar-refractivity contribution in [3.05, 3.63) is 23.1 Å². The molecular weight excluding hydrogens is 284 g/mol. The van der Waals surface area contributed by atoms with Crippen molar-refractivity contribution < 1.29 is 9.53 Å². The Morgan fingerprint density at radius 2 is 1.95 bits per heavy atom. The van der Waals surface area contributed by atoms with Gasteiger partial charge >= 0.3 is 0 Å². The molecule has 0 fully saturated rings. The Morgan fingerprint density at radius 1 is 1.29 bits per heavy atom. The zero-order chi connectivity index (χ0) is 15.4. The van der Waals surface area contributed by atoms with Crippen LogP contribution < -0.4 is 10.5 Å². The minimum atomic E-state index is 0.0273. The van der Waals surface area contributed by atoms with Crippen LogP contribution in [0.15, 0.2) is 18.2 Å². The SMILES string of the molecule is CCCN(CCC)C(=O)c1sc2cccc(OC)c2c1N. The molecule has 2 aromatic rings. The third-order valence-electron chi connectivity index (χ3n) is 3.40. The first-order chi connectivity index (χ1) is 10.1. The van der Waals surface area contributed by atoms with Gasteiger partial charge in [0, 0.05) is 17.8 Å². The average molecular weight is 306 g/mol. The van der Waals surface area contributed by atoms with Crippen molar-refractivity contribution in [3.63, 3.8) is 0 Å². The number of nitrogens with zero attached hydrogens (tertiary/aromatic N) is 1. The van der Waals surface area contributed by atoms with Gasteiger partial charge in [0.1, 0.15) is 10.6 Å². The van der Waals surface area contributed by atoms with E-state index in [9.17, 15) is 4.79 Å². The Hall–Kier alpha value is -1.75. The third kappa shape index (κ3) is 2.97. The Morgan fingerprint density at radius 3 is 2.52 bits per heavy atom. The zero-order valence-corrected chi connectivity index (χ0v) is 13.6. The van der Waals surface area contributed by atoms with E-state index in [0.717, 1.165) is 41.8 Å². The van der Waals surface area contributed by atoms with Crippen molar-refractivity contribution in [1.82, 2.24) is 4.90 Å². The van der Waals surface area contributed by atoms with E-state index in [-0.39, 0.29) is 5.91 Å². The summed E-state index contributed by atoms with van der Waals surface area (Å²) in [6.45, 7) is 5.68. The van der Waals surface area contributed by atoms with Crippen molar-refractivity contribution in [3.8, 4) is 5.75 Å². The van der Waals surface area contributed by atoms with Gasteiger partial charge in [-0.25, -0.2) is 0 Å². The van der Waals surface area contributed by atoms with E-state index in [1.54, 1.807) is 7.11 Å². The molecule has 0 bridgehead atoms. The largest absolute Gasteiger partial charge is 0.496 e. The Labute approximate surface area is 129 Å². The fraction of sp³-hybridized carbons (Fsp3) is 0.438. The van der Waals surface area contributed by atoms with Gasteiger partial charge < -0.3 is 15.4 Å². The number of methoxy groups -OCH3 is 1.